The summed E-state index contributed by atoms with van der Waals surface area (Å²) in [5.74, 6) is 0.337. The van der Waals surface area contributed by atoms with Gasteiger partial charge in [0, 0.05) is 23.5 Å². The Labute approximate surface area is 160 Å². The van der Waals surface area contributed by atoms with Crippen molar-refractivity contribution in [2.75, 3.05) is 5.73 Å². The van der Waals surface area contributed by atoms with Crippen molar-refractivity contribution in [3.63, 3.8) is 0 Å². The van der Waals surface area contributed by atoms with E-state index in [0.717, 1.165) is 24.0 Å². The van der Waals surface area contributed by atoms with Crippen LogP contribution >= 0.6 is 0 Å². The van der Waals surface area contributed by atoms with Crippen LogP contribution in [0.2, 0.25) is 0 Å². The van der Waals surface area contributed by atoms with E-state index in [9.17, 15) is 9.18 Å². The predicted molar refractivity (Wildman–Crippen MR) is 107 cm³/mol. The molecule has 2 aromatic carbocycles. The van der Waals surface area contributed by atoms with Gasteiger partial charge in [0.2, 0.25) is 0 Å². The number of benzene rings is 2. The third kappa shape index (κ3) is 2.83. The molecule has 138 valence electrons. The van der Waals surface area contributed by atoms with Crippen LogP contribution in [0.3, 0.4) is 0 Å². The first-order valence-electron chi connectivity index (χ1n) is 9.13. The third-order valence-corrected chi connectivity index (χ3v) is 5.14. The maximum Gasteiger partial charge on any atom is 0.265 e. The van der Waals surface area contributed by atoms with Gasteiger partial charge in [-0.1, -0.05) is 18.2 Å². The summed E-state index contributed by atoms with van der Waals surface area (Å²) >= 11 is 0. The SMILES string of the molecule is Nc1cc(-c2cccc(-n3ccc4cc(C5CC5)cc(F)c4c3=O)c2)ncn1. The Morgan fingerprint density at radius 2 is 1.93 bits per heavy atom. The first-order chi connectivity index (χ1) is 13.6. The van der Waals surface area contributed by atoms with Crippen molar-refractivity contribution in [1.29, 1.82) is 0 Å². The molecule has 4 aromatic rings. The Bertz CT molecular complexity index is 1280. The van der Waals surface area contributed by atoms with E-state index in [1.54, 1.807) is 24.4 Å². The molecule has 0 bridgehead atoms. The first kappa shape index (κ1) is 16.6. The van der Waals surface area contributed by atoms with Crippen molar-refractivity contribution in [3.8, 4) is 16.9 Å². The lowest BCUT2D eigenvalue weighted by molar-refractivity contribution is 0.635. The van der Waals surface area contributed by atoms with Gasteiger partial charge in [-0.25, -0.2) is 14.4 Å². The number of nitrogens with zero attached hydrogens (tertiary/aromatic N) is 3. The summed E-state index contributed by atoms with van der Waals surface area (Å²) in [5, 5.41) is 0.756. The van der Waals surface area contributed by atoms with Crippen molar-refractivity contribution < 1.29 is 4.39 Å². The molecule has 0 spiro atoms. The van der Waals surface area contributed by atoms with E-state index >= 15 is 0 Å². The largest absolute Gasteiger partial charge is 0.384 e. The summed E-state index contributed by atoms with van der Waals surface area (Å²) in [5.41, 5.74) is 8.42. The highest BCUT2D eigenvalue weighted by atomic mass is 19.1. The van der Waals surface area contributed by atoms with E-state index in [0.29, 0.717) is 28.5 Å². The number of rotatable bonds is 3. The zero-order chi connectivity index (χ0) is 19.3. The van der Waals surface area contributed by atoms with E-state index in [-0.39, 0.29) is 10.9 Å². The first-order valence-corrected chi connectivity index (χ1v) is 9.13. The number of nitrogens with two attached hydrogens (primary N) is 1. The lowest BCUT2D eigenvalue weighted by Gasteiger charge is -2.11. The molecule has 5 nitrogen and oxygen atoms in total. The quantitative estimate of drug-likeness (QED) is 0.589. The zero-order valence-corrected chi connectivity index (χ0v) is 15.0. The van der Waals surface area contributed by atoms with Gasteiger partial charge in [-0.05, 0) is 54.0 Å². The fourth-order valence-electron chi connectivity index (χ4n) is 3.55. The van der Waals surface area contributed by atoms with E-state index in [4.69, 9.17) is 5.73 Å². The second-order valence-corrected chi connectivity index (χ2v) is 7.11. The molecule has 6 heteroatoms. The Kier molecular flexibility index (Phi) is 3.72. The molecule has 1 fully saturated rings. The number of hydrogen-bond donors (Lipinski definition) is 1. The molecule has 1 saturated carbocycles. The minimum Gasteiger partial charge on any atom is -0.384 e. The minimum absolute atomic E-state index is 0.114. The van der Waals surface area contributed by atoms with Crippen molar-refractivity contribution in [2.24, 2.45) is 0 Å². The molecule has 5 rings (SSSR count). The number of halogens is 1. The zero-order valence-electron chi connectivity index (χ0n) is 15.0. The average Bonchev–Trinajstić information content (AvgIpc) is 3.53. The number of pyridine rings is 1. The monoisotopic (exact) mass is 372 g/mol. The number of aromatic nitrogens is 3. The van der Waals surface area contributed by atoms with E-state index in [1.165, 1.54) is 17.0 Å². The standard InChI is InChI=1S/C22H17FN4O/c23-18-10-16(13-4-5-13)8-15-6-7-27(22(28)21(15)18)17-3-1-2-14(9-17)19-11-20(24)26-12-25-19/h1-3,6-13H,4-5H2,(H2,24,25,26). The van der Waals surface area contributed by atoms with Gasteiger partial charge in [-0.2, -0.15) is 0 Å². The van der Waals surface area contributed by atoms with Gasteiger partial charge in [-0.3, -0.25) is 9.36 Å². The maximum atomic E-state index is 14.7. The van der Waals surface area contributed by atoms with Crippen LogP contribution in [0.4, 0.5) is 10.2 Å². The van der Waals surface area contributed by atoms with Gasteiger partial charge < -0.3 is 5.73 Å². The molecular weight excluding hydrogens is 355 g/mol. The molecule has 0 unspecified atom stereocenters. The second kappa shape index (κ2) is 6.27. The van der Waals surface area contributed by atoms with Crippen LogP contribution in [0, 0.1) is 5.82 Å². The molecule has 0 atom stereocenters. The van der Waals surface area contributed by atoms with Crippen molar-refractivity contribution in [3.05, 3.63) is 82.8 Å². The highest BCUT2D eigenvalue weighted by Gasteiger charge is 2.25. The summed E-state index contributed by atoms with van der Waals surface area (Å²) in [6.07, 6.45) is 5.26. The Balaban J connectivity index is 1.64. The molecule has 0 aliphatic heterocycles. The molecule has 1 aliphatic rings. The minimum atomic E-state index is -0.460. The molecular formula is C22H17FN4O. The van der Waals surface area contributed by atoms with Gasteiger partial charge >= 0.3 is 0 Å². The Morgan fingerprint density at radius 3 is 2.71 bits per heavy atom. The van der Waals surface area contributed by atoms with Gasteiger partial charge in [0.25, 0.3) is 5.56 Å². The summed E-state index contributed by atoms with van der Waals surface area (Å²) in [7, 11) is 0. The number of fused-ring (bicyclic) bond motifs is 1. The summed E-state index contributed by atoms with van der Waals surface area (Å²) in [6.45, 7) is 0. The van der Waals surface area contributed by atoms with Gasteiger partial charge in [0.05, 0.1) is 11.1 Å². The summed E-state index contributed by atoms with van der Waals surface area (Å²) in [4.78, 5) is 21.1. The molecule has 0 radical (unpaired) electrons. The van der Waals surface area contributed by atoms with Crippen LogP contribution in [0.1, 0.15) is 24.3 Å². The number of nitrogen functional groups attached to an aromatic ring is 1. The molecule has 2 aromatic heterocycles. The summed E-state index contributed by atoms with van der Waals surface area (Å²) in [6, 6.07) is 14.2. The van der Waals surface area contributed by atoms with Crippen molar-refractivity contribution in [1.82, 2.24) is 14.5 Å². The lowest BCUT2D eigenvalue weighted by Crippen LogP contribution is -2.18. The highest BCUT2D eigenvalue weighted by molar-refractivity contribution is 5.83. The van der Waals surface area contributed by atoms with Crippen LogP contribution in [-0.4, -0.2) is 14.5 Å². The van der Waals surface area contributed by atoms with Gasteiger partial charge in [0.1, 0.15) is 18.0 Å². The highest BCUT2D eigenvalue weighted by Crippen LogP contribution is 2.41. The van der Waals surface area contributed by atoms with E-state index in [1.807, 2.05) is 24.3 Å². The van der Waals surface area contributed by atoms with Crippen molar-refractivity contribution >= 4 is 16.6 Å². The Hall–Kier alpha value is -3.54. The molecule has 2 N–H and O–H groups in total. The average molecular weight is 372 g/mol. The van der Waals surface area contributed by atoms with Gasteiger partial charge in [0.15, 0.2) is 0 Å². The van der Waals surface area contributed by atoms with Crippen LogP contribution in [0.5, 0.6) is 0 Å². The second-order valence-electron chi connectivity index (χ2n) is 7.11. The summed E-state index contributed by atoms with van der Waals surface area (Å²) < 4.78 is 16.2. The van der Waals surface area contributed by atoms with E-state index < -0.39 is 5.82 Å². The Morgan fingerprint density at radius 1 is 1.07 bits per heavy atom. The fraction of sp³-hybridized carbons (Fsp3) is 0.136. The van der Waals surface area contributed by atoms with Crippen LogP contribution in [0.25, 0.3) is 27.7 Å². The molecule has 0 saturated heterocycles. The smallest absolute Gasteiger partial charge is 0.265 e. The van der Waals surface area contributed by atoms with E-state index in [2.05, 4.69) is 9.97 Å². The molecule has 28 heavy (non-hydrogen) atoms. The molecule has 2 heterocycles. The third-order valence-electron chi connectivity index (χ3n) is 5.14. The lowest BCUT2D eigenvalue weighted by atomic mass is 10.0. The fourth-order valence-corrected chi connectivity index (χ4v) is 3.55. The number of hydrogen-bond acceptors (Lipinski definition) is 4. The normalized spacial score (nSPS) is 13.8. The molecule has 0 amide bonds. The van der Waals surface area contributed by atoms with Crippen LogP contribution in [0.15, 0.2) is 65.8 Å². The maximum absolute atomic E-state index is 14.7. The van der Waals surface area contributed by atoms with Crippen LogP contribution < -0.4 is 11.3 Å². The van der Waals surface area contributed by atoms with Crippen LogP contribution in [-0.2, 0) is 0 Å². The topological polar surface area (TPSA) is 73.8 Å². The van der Waals surface area contributed by atoms with Crippen molar-refractivity contribution in [2.45, 2.75) is 18.8 Å². The number of anilines is 1. The predicted octanol–water partition coefficient (Wildman–Crippen LogP) is 4.05. The van der Waals surface area contributed by atoms with Gasteiger partial charge in [-0.15, -0.1) is 0 Å². The molecule has 1 aliphatic carbocycles.